The van der Waals surface area contributed by atoms with Gasteiger partial charge in [-0.2, -0.15) is 0 Å². The topological polar surface area (TPSA) is 79.0 Å². The number of nitrogens with zero attached hydrogens (tertiary/aromatic N) is 2. The van der Waals surface area contributed by atoms with Crippen molar-refractivity contribution < 1.29 is 19.1 Å². The third-order valence-electron chi connectivity index (χ3n) is 5.57. The van der Waals surface area contributed by atoms with Gasteiger partial charge in [0.05, 0.1) is 19.7 Å². The van der Waals surface area contributed by atoms with Gasteiger partial charge >= 0.3 is 6.03 Å². The number of methoxy groups -OCH3 is 1. The van der Waals surface area contributed by atoms with Crippen molar-refractivity contribution in [1.82, 2.24) is 15.1 Å². The van der Waals surface area contributed by atoms with Crippen molar-refractivity contribution in [1.29, 1.82) is 0 Å². The van der Waals surface area contributed by atoms with Crippen LogP contribution in [0.5, 0.6) is 5.75 Å². The molecule has 1 N–H and O–H groups in total. The van der Waals surface area contributed by atoms with E-state index in [0.717, 1.165) is 22.1 Å². The number of aryl methyl sites for hydroxylation is 1. The van der Waals surface area contributed by atoms with Crippen LogP contribution in [0.4, 0.5) is 4.79 Å². The normalized spacial score (nSPS) is 19.4. The van der Waals surface area contributed by atoms with E-state index in [1.807, 2.05) is 36.4 Å². The maximum Gasteiger partial charge on any atom is 0.324 e. The van der Waals surface area contributed by atoms with Crippen LogP contribution in [0.2, 0.25) is 0 Å². The van der Waals surface area contributed by atoms with Gasteiger partial charge in [0.15, 0.2) is 0 Å². The second-order valence-corrected chi connectivity index (χ2v) is 7.17. The quantitative estimate of drug-likeness (QED) is 0.803. The lowest BCUT2D eigenvalue weighted by Crippen LogP contribution is -2.42. The largest absolute Gasteiger partial charge is 0.496 e. The van der Waals surface area contributed by atoms with Crippen LogP contribution >= 0.6 is 0 Å². The second kappa shape index (κ2) is 7.50. The molecule has 0 spiro atoms. The molecule has 0 saturated carbocycles. The fourth-order valence-corrected chi connectivity index (χ4v) is 4.14. The first-order valence-corrected chi connectivity index (χ1v) is 9.50. The van der Waals surface area contributed by atoms with Gasteiger partial charge in [-0.25, -0.2) is 4.79 Å². The third kappa shape index (κ3) is 3.28. The Morgan fingerprint density at radius 1 is 1.21 bits per heavy atom. The van der Waals surface area contributed by atoms with Gasteiger partial charge in [0, 0.05) is 25.1 Å². The number of imide groups is 1. The Labute approximate surface area is 163 Å². The van der Waals surface area contributed by atoms with Gasteiger partial charge < -0.3 is 15.0 Å². The van der Waals surface area contributed by atoms with E-state index in [4.69, 9.17) is 4.74 Å². The number of fused-ring (bicyclic) bond motifs is 1. The zero-order valence-electron chi connectivity index (χ0n) is 15.8. The maximum absolute atomic E-state index is 12.8. The summed E-state index contributed by atoms with van der Waals surface area (Å²) < 4.78 is 5.51. The Hall–Kier alpha value is -3.09. The van der Waals surface area contributed by atoms with Crippen molar-refractivity contribution >= 4 is 28.6 Å². The van der Waals surface area contributed by atoms with Gasteiger partial charge in [-0.1, -0.05) is 30.3 Å². The molecule has 28 heavy (non-hydrogen) atoms. The molecule has 2 saturated heterocycles. The molecule has 0 radical (unpaired) electrons. The lowest BCUT2D eigenvalue weighted by atomic mass is 9.99. The molecule has 2 aliphatic heterocycles. The molecule has 7 nitrogen and oxygen atoms in total. The molecule has 0 aliphatic carbocycles. The van der Waals surface area contributed by atoms with E-state index in [2.05, 4.69) is 5.32 Å². The summed E-state index contributed by atoms with van der Waals surface area (Å²) in [5.41, 5.74) is 1.03. The summed E-state index contributed by atoms with van der Waals surface area (Å²) in [6.45, 7) is 1.02. The highest BCUT2D eigenvalue weighted by atomic mass is 16.5. The molecule has 4 rings (SSSR count). The van der Waals surface area contributed by atoms with Crippen molar-refractivity contribution in [3.05, 3.63) is 42.0 Å². The molecule has 2 fully saturated rings. The predicted molar refractivity (Wildman–Crippen MR) is 104 cm³/mol. The van der Waals surface area contributed by atoms with Crippen LogP contribution in [0.15, 0.2) is 36.4 Å². The van der Waals surface area contributed by atoms with E-state index in [0.29, 0.717) is 32.4 Å². The molecule has 7 heteroatoms. The third-order valence-corrected chi connectivity index (χ3v) is 5.57. The molecular formula is C21H23N3O4. The minimum absolute atomic E-state index is 0.0320. The number of nitrogens with one attached hydrogen (secondary N) is 1. The monoisotopic (exact) mass is 381 g/mol. The molecule has 0 aromatic heterocycles. The highest BCUT2D eigenvalue weighted by molar-refractivity contribution is 6.02. The highest BCUT2D eigenvalue weighted by Crippen LogP contribution is 2.29. The van der Waals surface area contributed by atoms with Crippen molar-refractivity contribution in [2.45, 2.75) is 25.3 Å². The SMILES string of the molecule is COc1ccc2ccccc2c1CCC(=O)N1CCC(N2C(=O)CNC2=O)C1. The Morgan fingerprint density at radius 2 is 2.04 bits per heavy atom. The van der Waals surface area contributed by atoms with Crippen LogP contribution in [0.3, 0.4) is 0 Å². The molecule has 1 atom stereocenters. The minimum atomic E-state index is -0.357. The van der Waals surface area contributed by atoms with E-state index < -0.39 is 0 Å². The van der Waals surface area contributed by atoms with Gasteiger partial charge in [0.25, 0.3) is 0 Å². The average Bonchev–Trinajstić information content (AvgIpc) is 3.32. The van der Waals surface area contributed by atoms with Crippen LogP contribution in [-0.2, 0) is 16.0 Å². The highest BCUT2D eigenvalue weighted by Gasteiger charge is 2.39. The molecular weight excluding hydrogens is 358 g/mol. The van der Waals surface area contributed by atoms with Crippen LogP contribution < -0.4 is 10.1 Å². The summed E-state index contributed by atoms with van der Waals surface area (Å²) in [6, 6.07) is 11.4. The number of ether oxygens (including phenoxy) is 1. The van der Waals surface area contributed by atoms with Gasteiger partial charge in [-0.3, -0.25) is 14.5 Å². The first kappa shape index (κ1) is 18.3. The number of carbonyl (C=O) groups excluding carboxylic acids is 3. The molecule has 146 valence electrons. The van der Waals surface area contributed by atoms with E-state index in [-0.39, 0.29) is 30.4 Å². The Bertz CT molecular complexity index is 926. The Kier molecular flexibility index (Phi) is 4.90. The van der Waals surface area contributed by atoms with E-state index >= 15 is 0 Å². The van der Waals surface area contributed by atoms with Crippen molar-refractivity contribution in [2.24, 2.45) is 0 Å². The van der Waals surface area contributed by atoms with Gasteiger partial charge in [0.2, 0.25) is 11.8 Å². The van der Waals surface area contributed by atoms with Gasteiger partial charge in [0.1, 0.15) is 5.75 Å². The van der Waals surface area contributed by atoms with E-state index in [9.17, 15) is 14.4 Å². The maximum atomic E-state index is 12.8. The first-order chi connectivity index (χ1) is 13.6. The zero-order valence-corrected chi connectivity index (χ0v) is 15.8. The summed E-state index contributed by atoms with van der Waals surface area (Å²) in [5, 5.41) is 4.74. The summed E-state index contributed by atoms with van der Waals surface area (Å²) in [6.07, 6.45) is 1.56. The first-order valence-electron chi connectivity index (χ1n) is 9.50. The minimum Gasteiger partial charge on any atom is -0.496 e. The van der Waals surface area contributed by atoms with Gasteiger partial charge in [-0.05, 0) is 29.7 Å². The van der Waals surface area contributed by atoms with Crippen LogP contribution in [0.25, 0.3) is 10.8 Å². The van der Waals surface area contributed by atoms with Crippen molar-refractivity contribution in [3.63, 3.8) is 0 Å². The molecule has 4 amide bonds. The van der Waals surface area contributed by atoms with Crippen molar-refractivity contribution in [3.8, 4) is 5.75 Å². The summed E-state index contributed by atoms with van der Waals surface area (Å²) >= 11 is 0. The molecule has 0 bridgehead atoms. The summed E-state index contributed by atoms with van der Waals surface area (Å²) in [5.74, 6) is 0.597. The fraction of sp³-hybridized carbons (Fsp3) is 0.381. The Balaban J connectivity index is 1.44. The van der Waals surface area contributed by atoms with Crippen LogP contribution in [-0.4, -0.2) is 60.4 Å². The summed E-state index contributed by atoms with van der Waals surface area (Å²) in [7, 11) is 1.64. The molecule has 2 aliphatic rings. The number of benzene rings is 2. The number of carbonyl (C=O) groups is 3. The zero-order chi connectivity index (χ0) is 19.7. The number of rotatable bonds is 5. The average molecular weight is 381 g/mol. The lowest BCUT2D eigenvalue weighted by molar-refractivity contribution is -0.131. The van der Waals surface area contributed by atoms with Gasteiger partial charge in [-0.15, -0.1) is 0 Å². The predicted octanol–water partition coefficient (Wildman–Crippen LogP) is 1.93. The number of hydrogen-bond donors (Lipinski definition) is 1. The number of hydrogen-bond acceptors (Lipinski definition) is 4. The van der Waals surface area contributed by atoms with Crippen LogP contribution in [0.1, 0.15) is 18.4 Å². The smallest absolute Gasteiger partial charge is 0.324 e. The molecule has 1 unspecified atom stereocenters. The second-order valence-electron chi connectivity index (χ2n) is 7.17. The standard InChI is InChI=1S/C21H23N3O4/c1-28-18-8-6-14-4-2-3-5-16(14)17(18)7-9-19(25)23-11-10-15(13-23)24-20(26)12-22-21(24)27/h2-6,8,15H,7,9-13H2,1H3,(H,22,27). The lowest BCUT2D eigenvalue weighted by Gasteiger charge is -2.21. The van der Waals surface area contributed by atoms with E-state index in [1.54, 1.807) is 12.0 Å². The number of urea groups is 1. The van der Waals surface area contributed by atoms with Crippen LogP contribution in [0, 0.1) is 0 Å². The molecule has 2 heterocycles. The fourth-order valence-electron chi connectivity index (χ4n) is 4.14. The van der Waals surface area contributed by atoms with E-state index in [1.165, 1.54) is 4.90 Å². The number of likely N-dealkylation sites (tertiary alicyclic amines) is 1. The molecule has 2 aromatic rings. The Morgan fingerprint density at radius 3 is 2.79 bits per heavy atom. The van der Waals surface area contributed by atoms with Crippen molar-refractivity contribution in [2.75, 3.05) is 26.7 Å². The molecule has 2 aromatic carbocycles. The summed E-state index contributed by atoms with van der Waals surface area (Å²) in [4.78, 5) is 39.5. The number of amides is 4.